The van der Waals surface area contributed by atoms with Crippen molar-refractivity contribution in [3.63, 3.8) is 0 Å². The number of benzene rings is 6. The Balaban J connectivity index is 0.000000200. The van der Waals surface area contributed by atoms with Crippen LogP contribution in [0.25, 0.3) is 0 Å². The van der Waals surface area contributed by atoms with E-state index in [2.05, 4.69) is 146 Å². The summed E-state index contributed by atoms with van der Waals surface area (Å²) in [5, 5.41) is 13.5. The highest BCUT2D eigenvalue weighted by Crippen LogP contribution is 2.39. The van der Waals surface area contributed by atoms with Crippen molar-refractivity contribution in [2.45, 2.75) is 51.6 Å². The molecule has 1 N–H and O–H groups in total. The van der Waals surface area contributed by atoms with E-state index < -0.39 is 21.5 Å². The van der Waals surface area contributed by atoms with Crippen LogP contribution in [0, 0.1) is 11.6 Å². The molecule has 0 aliphatic carbocycles. The molecule has 0 radical (unpaired) electrons. The third-order valence-corrected chi connectivity index (χ3v) is 21.9. The lowest BCUT2D eigenvalue weighted by Crippen LogP contribution is -2.68. The van der Waals surface area contributed by atoms with Crippen LogP contribution in [-0.2, 0) is 0 Å². The zero-order chi connectivity index (χ0) is 38.9. The van der Waals surface area contributed by atoms with Gasteiger partial charge in [-0.05, 0) is 55.1 Å². The molecule has 9 heteroatoms. The van der Waals surface area contributed by atoms with Gasteiger partial charge in [0.25, 0.3) is 0 Å². The van der Waals surface area contributed by atoms with Crippen molar-refractivity contribution in [1.82, 2.24) is 0 Å². The summed E-state index contributed by atoms with van der Waals surface area (Å²) in [4.78, 5) is 0. The van der Waals surface area contributed by atoms with Crippen molar-refractivity contribution in [3.8, 4) is 11.5 Å². The highest BCUT2D eigenvalue weighted by atomic mass is 79.9. The minimum Gasteiger partial charge on any atom is -0.534 e. The van der Waals surface area contributed by atoms with E-state index in [9.17, 15) is 8.78 Å². The maximum Gasteiger partial charge on any atom is 0.319 e. The first kappa shape index (κ1) is 42.2. The number of hydrogen-bond acceptors (Lipinski definition) is 2. The van der Waals surface area contributed by atoms with Gasteiger partial charge in [-0.25, -0.2) is 8.78 Å². The second kappa shape index (κ2) is 18.2. The molecular weight excluding hydrogens is 850 g/mol. The summed E-state index contributed by atoms with van der Waals surface area (Å²) >= 11 is 13.6. The number of aromatic hydroxyl groups is 1. The monoisotopic (exact) mass is 892 g/mol. The SMILES string of the molecule is CC(C)(C)[Si](Cl)(c1ccccc1)c1ccccc1.CC(C)(C)[Si](Oc1cc(F)cc(Br)c1)(c1ccccc1)c1ccccc1.Oc1cc(F)cc(Br)c1. The van der Waals surface area contributed by atoms with Gasteiger partial charge in [0.1, 0.15) is 23.1 Å². The molecule has 0 saturated heterocycles. The average molecular weight is 895 g/mol. The molecule has 0 aliphatic rings. The number of phenolic OH excluding ortho intramolecular Hbond substituents is 1. The Labute approximate surface area is 337 Å². The van der Waals surface area contributed by atoms with Crippen LogP contribution in [0.5, 0.6) is 11.5 Å². The van der Waals surface area contributed by atoms with Gasteiger partial charge in [0, 0.05) is 21.1 Å². The molecule has 0 unspecified atom stereocenters. The van der Waals surface area contributed by atoms with Crippen LogP contribution < -0.4 is 25.2 Å². The van der Waals surface area contributed by atoms with Gasteiger partial charge >= 0.3 is 8.32 Å². The largest absolute Gasteiger partial charge is 0.534 e. The van der Waals surface area contributed by atoms with E-state index >= 15 is 0 Å². The Morgan fingerprint density at radius 2 is 0.868 bits per heavy atom. The molecule has 2 nitrogen and oxygen atoms in total. The van der Waals surface area contributed by atoms with Crippen molar-refractivity contribution < 1.29 is 18.3 Å². The molecule has 6 rings (SSSR count). The van der Waals surface area contributed by atoms with Crippen LogP contribution in [0.2, 0.25) is 10.1 Å². The van der Waals surface area contributed by atoms with Crippen LogP contribution in [0.15, 0.2) is 167 Å². The second-order valence-corrected chi connectivity index (χ2v) is 26.4. The highest BCUT2D eigenvalue weighted by molar-refractivity contribution is 9.10. The Hall–Kier alpha value is -3.54. The number of halogens is 5. The van der Waals surface area contributed by atoms with E-state index in [0.29, 0.717) is 14.7 Å². The van der Waals surface area contributed by atoms with Gasteiger partial charge < -0.3 is 9.53 Å². The van der Waals surface area contributed by atoms with Gasteiger partial charge in [-0.2, -0.15) is 11.1 Å². The van der Waals surface area contributed by atoms with Crippen molar-refractivity contribution in [3.05, 3.63) is 178 Å². The third kappa shape index (κ3) is 10.6. The number of hydrogen-bond donors (Lipinski definition) is 1. The fourth-order valence-corrected chi connectivity index (χ4v) is 15.7. The summed E-state index contributed by atoms with van der Waals surface area (Å²) < 4.78 is 34.2. The lowest BCUT2D eigenvalue weighted by Gasteiger charge is -2.43. The van der Waals surface area contributed by atoms with E-state index in [-0.39, 0.29) is 21.6 Å². The van der Waals surface area contributed by atoms with Crippen LogP contribution in [0.3, 0.4) is 0 Å². The molecule has 0 aliphatic heterocycles. The van der Waals surface area contributed by atoms with Gasteiger partial charge in [0.2, 0.25) is 7.38 Å². The minimum atomic E-state index is -2.72. The first-order valence-electron chi connectivity index (χ1n) is 17.2. The smallest absolute Gasteiger partial charge is 0.319 e. The van der Waals surface area contributed by atoms with Crippen molar-refractivity contribution in [1.29, 1.82) is 0 Å². The predicted molar refractivity (Wildman–Crippen MR) is 232 cm³/mol. The maximum atomic E-state index is 14.0. The van der Waals surface area contributed by atoms with Crippen LogP contribution in [0.4, 0.5) is 8.78 Å². The Morgan fingerprint density at radius 3 is 1.19 bits per heavy atom. The molecule has 0 atom stereocenters. The van der Waals surface area contributed by atoms with Crippen LogP contribution in [-0.4, -0.2) is 20.8 Å². The van der Waals surface area contributed by atoms with E-state index in [1.54, 1.807) is 0 Å². The predicted octanol–water partition coefficient (Wildman–Crippen LogP) is 11.6. The Bertz CT molecular complexity index is 1890. The van der Waals surface area contributed by atoms with E-state index in [4.69, 9.17) is 20.6 Å². The molecule has 0 spiro atoms. The molecule has 6 aromatic rings. The van der Waals surface area contributed by atoms with Gasteiger partial charge in [0.15, 0.2) is 0 Å². The molecule has 276 valence electrons. The molecule has 0 amide bonds. The Morgan fingerprint density at radius 1 is 0.509 bits per heavy atom. The van der Waals surface area contributed by atoms with E-state index in [1.165, 1.54) is 45.0 Å². The van der Waals surface area contributed by atoms with Crippen LogP contribution >= 0.6 is 42.9 Å². The van der Waals surface area contributed by atoms with Gasteiger partial charge in [-0.3, -0.25) is 0 Å². The van der Waals surface area contributed by atoms with Crippen molar-refractivity contribution in [2.24, 2.45) is 0 Å². The molecule has 6 aromatic carbocycles. The molecule has 0 saturated carbocycles. The van der Waals surface area contributed by atoms with Crippen molar-refractivity contribution >= 4 is 79.4 Å². The first-order valence-corrected chi connectivity index (χ1v) is 23.7. The fraction of sp³-hybridized carbons (Fsp3) is 0.182. The molecule has 0 heterocycles. The van der Waals surface area contributed by atoms with Crippen LogP contribution in [0.1, 0.15) is 41.5 Å². The van der Waals surface area contributed by atoms with Gasteiger partial charge in [-0.1, -0.05) is 195 Å². The topological polar surface area (TPSA) is 29.5 Å². The van der Waals surface area contributed by atoms with Crippen molar-refractivity contribution in [2.75, 3.05) is 0 Å². The van der Waals surface area contributed by atoms with Gasteiger partial charge in [-0.15, -0.1) is 0 Å². The summed E-state index contributed by atoms with van der Waals surface area (Å²) in [7, 11) is -4.95. The Kier molecular flexibility index (Phi) is 14.5. The lowest BCUT2D eigenvalue weighted by molar-refractivity contribution is 0.468. The van der Waals surface area contributed by atoms with E-state index in [1.807, 2.05) is 54.6 Å². The standard InChI is InChI=1S/C22H22BrFOSi.C16H19ClSi.C6H4BrFO/c1-22(2,3)26(20-10-6-4-7-11-20,21-12-8-5-9-13-21)25-19-15-17(23)14-18(24)16-19;1-16(2,3)18(17,14-10-6-4-7-11-14)15-12-8-5-9-13-15;7-4-1-5(8)3-6(9)2-4/h4-16H,1-3H3;4-13H,1-3H3;1-3,9H. The molecule has 0 fully saturated rings. The summed E-state index contributed by atoms with van der Waals surface area (Å²) in [6, 6.07) is 50.2. The lowest BCUT2D eigenvalue weighted by atomic mass is 10.2. The first-order chi connectivity index (χ1) is 25.0. The summed E-state index contributed by atoms with van der Waals surface area (Å²) in [6.45, 7) is 13.3. The van der Waals surface area contributed by atoms with E-state index in [0.717, 1.165) is 6.07 Å². The average Bonchev–Trinajstić information content (AvgIpc) is 3.10. The molecule has 0 bridgehead atoms. The summed E-state index contributed by atoms with van der Waals surface area (Å²) in [6.07, 6.45) is 0. The second-order valence-electron chi connectivity index (χ2n) is 14.6. The molecular formula is C44H45Br2ClF2O2Si2. The zero-order valence-corrected chi connectivity index (χ0v) is 36.7. The molecule has 0 aromatic heterocycles. The van der Waals surface area contributed by atoms with Gasteiger partial charge in [0.05, 0.1) is 0 Å². The number of phenols is 1. The zero-order valence-electron chi connectivity index (χ0n) is 30.8. The molecule has 53 heavy (non-hydrogen) atoms. The maximum absolute atomic E-state index is 14.0. The minimum absolute atomic E-state index is 0.0667. The fourth-order valence-electron chi connectivity index (χ4n) is 6.32. The normalized spacial score (nSPS) is 11.8. The summed E-state index contributed by atoms with van der Waals surface area (Å²) in [5.41, 5.74) is 0. The number of rotatable bonds is 6. The summed E-state index contributed by atoms with van der Waals surface area (Å²) in [5.74, 6) is -0.276. The quantitative estimate of drug-likeness (QED) is 0.133. The highest BCUT2D eigenvalue weighted by Gasteiger charge is 2.52. The third-order valence-electron chi connectivity index (χ3n) is 8.75.